The summed E-state index contributed by atoms with van der Waals surface area (Å²) in [6, 6.07) is 95.2. The summed E-state index contributed by atoms with van der Waals surface area (Å²) in [5, 5.41) is 4.00. The molecule has 0 aliphatic rings. The van der Waals surface area contributed by atoms with Crippen molar-refractivity contribution in [1.82, 2.24) is 23.1 Å². The van der Waals surface area contributed by atoms with Gasteiger partial charge in [0.25, 0.3) is 0 Å². The van der Waals surface area contributed by atoms with E-state index >= 15 is 0 Å². The summed E-state index contributed by atoms with van der Waals surface area (Å²) in [7, 11) is 0. The third-order valence-corrected chi connectivity index (χ3v) is 17.3. The third kappa shape index (κ3) is 8.51. The van der Waals surface area contributed by atoms with Gasteiger partial charge in [-0.3, -0.25) is 0 Å². The summed E-state index contributed by atoms with van der Waals surface area (Å²) in [5.74, 6) is 1.47. The molecule has 0 saturated heterocycles. The van der Waals surface area contributed by atoms with Crippen molar-refractivity contribution < 1.29 is 30.9 Å². The van der Waals surface area contributed by atoms with Gasteiger partial charge in [-0.25, -0.2) is 0 Å². The van der Waals surface area contributed by atoms with Gasteiger partial charge < -0.3 is 0 Å². The van der Waals surface area contributed by atoms with Crippen LogP contribution in [-0.2, 0) is 19.4 Å². The zero-order valence-corrected chi connectivity index (χ0v) is 48.6. The first kappa shape index (κ1) is 45.8. The fourth-order valence-electron chi connectivity index (χ4n) is 12.5. The maximum atomic E-state index is 8.78. The van der Waals surface area contributed by atoms with Crippen LogP contribution in [0.1, 0.15) is 12.4 Å². The van der Waals surface area contributed by atoms with Crippen LogP contribution in [0.15, 0.2) is 291 Å². The third-order valence-electron chi connectivity index (χ3n) is 16.3. The van der Waals surface area contributed by atoms with E-state index < -0.39 is 18.1 Å². The Hall–Kier alpha value is -10.7. The average molecular weight is 1290 g/mol. The van der Waals surface area contributed by atoms with Crippen LogP contribution in [0.3, 0.4) is 0 Å². The molecule has 0 amide bonds. The van der Waals surface area contributed by atoms with Crippen molar-refractivity contribution in [2.45, 2.75) is 6.92 Å². The smallest absolute Gasteiger partial charge is 0.0616 e. The van der Waals surface area contributed by atoms with Gasteiger partial charge in [-0.15, -0.1) is 0 Å². The molecule has 4 aromatic heterocycles. The van der Waals surface area contributed by atoms with E-state index in [0.29, 0.717) is 34.0 Å². The van der Waals surface area contributed by atoms with Gasteiger partial charge in [0.2, 0.25) is 0 Å². The van der Waals surface area contributed by atoms with Crippen molar-refractivity contribution in [3.05, 3.63) is 313 Å². The van der Waals surface area contributed by atoms with Gasteiger partial charge >= 0.3 is 439 Å². The number of benzene rings is 12. The normalized spacial score (nSPS) is 12.4. The van der Waals surface area contributed by atoms with Crippen molar-refractivity contribution >= 4 is 60.2 Å². The predicted octanol–water partition coefficient (Wildman–Crippen LogP) is 20.1. The molecule has 410 valence electrons. The first-order chi connectivity index (χ1) is 44.6. The molecule has 0 saturated carbocycles. The number of nitrogens with zero attached hydrogens (tertiary/aromatic N) is 5. The SMILES string of the molecule is [2H]c1c([2H])c([2H])c(-c2cnc(-n3c4[c-]c(Oc5[c-]c6c(cc5)n(-c5c(-c7ccccc7)cccc5-c5ccccc5)c5ccccc5c5cccc7c5n6[c](=[Pt])n7-c5c(-c6ccccc6)cccc5-c5ccccc5)ccc4c4ccccc43)cc2C)c([2H])c1[2H]. The number of aromatic nitrogens is 5. The van der Waals surface area contributed by atoms with Crippen LogP contribution in [0.25, 0.3) is 133 Å². The van der Waals surface area contributed by atoms with Crippen molar-refractivity contribution in [2.24, 2.45) is 0 Å². The van der Waals surface area contributed by atoms with Crippen molar-refractivity contribution in [2.75, 3.05) is 0 Å². The molecular weight excluding hydrogens is 1230 g/mol. The minimum atomic E-state index is -0.442. The second kappa shape index (κ2) is 21.2. The van der Waals surface area contributed by atoms with Crippen molar-refractivity contribution in [3.63, 3.8) is 0 Å². The van der Waals surface area contributed by atoms with Crippen LogP contribution in [0, 0.1) is 22.9 Å². The van der Waals surface area contributed by atoms with E-state index in [0.717, 1.165) is 114 Å². The molecule has 0 radical (unpaired) electrons. The molecule has 12 aromatic carbocycles. The van der Waals surface area contributed by atoms with Crippen LogP contribution < -0.4 is 4.74 Å². The first-order valence-corrected chi connectivity index (χ1v) is 29.6. The molecule has 16 aromatic rings. The van der Waals surface area contributed by atoms with Crippen LogP contribution in [0.4, 0.5) is 0 Å². The summed E-state index contributed by atoms with van der Waals surface area (Å²) >= 11 is 2.54. The van der Waals surface area contributed by atoms with Crippen LogP contribution in [-0.4, -0.2) is 23.1 Å². The molecule has 4 heterocycles. The van der Waals surface area contributed by atoms with Gasteiger partial charge in [0.1, 0.15) is 0 Å². The minimum absolute atomic E-state index is 0.103. The molecule has 0 aliphatic carbocycles. The molecule has 7 heteroatoms. The number of para-hydroxylation sites is 5. The molecule has 0 atom stereocenters. The molecule has 0 fully saturated rings. The number of pyridine rings is 1. The Bertz CT molecular complexity index is 5580. The summed E-state index contributed by atoms with van der Waals surface area (Å²) < 4.78 is 59.9. The molecule has 6 nitrogen and oxygen atoms in total. The molecule has 0 spiro atoms. The quantitative estimate of drug-likeness (QED) is 0.128. The summed E-state index contributed by atoms with van der Waals surface area (Å²) in [6.45, 7) is 1.87. The van der Waals surface area contributed by atoms with E-state index in [1.807, 2.05) is 47.9 Å². The van der Waals surface area contributed by atoms with Gasteiger partial charge in [-0.05, 0) is 18.1 Å². The zero-order valence-electron chi connectivity index (χ0n) is 51.3. The van der Waals surface area contributed by atoms with Crippen molar-refractivity contribution in [1.29, 1.82) is 0 Å². The fraction of sp³-hybridized carbons (Fsp3) is 0.0127. The summed E-state index contributed by atoms with van der Waals surface area (Å²) in [6.07, 6.45) is 1.60. The van der Waals surface area contributed by atoms with Gasteiger partial charge in [0.05, 0.1) is 6.85 Å². The Morgan fingerprint density at radius 2 is 0.860 bits per heavy atom. The van der Waals surface area contributed by atoms with E-state index in [9.17, 15) is 0 Å². The Balaban J connectivity index is 0.991. The molecule has 0 aliphatic heterocycles. The number of hydrogen-bond acceptors (Lipinski definition) is 2. The molecule has 0 unspecified atom stereocenters. The second-order valence-electron chi connectivity index (χ2n) is 21.3. The topological polar surface area (TPSA) is 41.3 Å². The molecule has 0 N–H and O–H groups in total. The predicted molar refractivity (Wildman–Crippen MR) is 349 cm³/mol. The number of aryl methyl sites for hydroxylation is 1. The zero-order chi connectivity index (χ0) is 61.6. The van der Waals surface area contributed by atoms with E-state index in [1.165, 1.54) is 0 Å². The first-order valence-electron chi connectivity index (χ1n) is 30.9. The maximum absolute atomic E-state index is 8.78. The molecular formula is C79H51N5OPt-2. The Kier molecular flexibility index (Phi) is 11.3. The number of imidazole rings is 1. The van der Waals surface area contributed by atoms with Crippen molar-refractivity contribution in [3.8, 4) is 84.3 Å². The number of hydrogen-bond donors (Lipinski definition) is 0. The van der Waals surface area contributed by atoms with Gasteiger partial charge in [-0.2, -0.15) is 0 Å². The van der Waals surface area contributed by atoms with E-state index in [1.54, 1.807) is 6.20 Å². The summed E-state index contributed by atoms with van der Waals surface area (Å²) in [5.41, 5.74) is 18.1. The minimum Gasteiger partial charge on any atom is -0.0616 e. The molecule has 86 heavy (non-hydrogen) atoms. The Morgan fingerprint density at radius 3 is 1.43 bits per heavy atom. The van der Waals surface area contributed by atoms with E-state index in [-0.39, 0.29) is 17.6 Å². The fourth-order valence-corrected chi connectivity index (χ4v) is 13.6. The Labute approximate surface area is 515 Å². The molecule has 0 bridgehead atoms. The van der Waals surface area contributed by atoms with Crippen LogP contribution in [0.2, 0.25) is 0 Å². The van der Waals surface area contributed by atoms with Crippen LogP contribution in [0.5, 0.6) is 11.5 Å². The van der Waals surface area contributed by atoms with E-state index in [2.05, 4.69) is 263 Å². The van der Waals surface area contributed by atoms with E-state index in [4.69, 9.17) is 16.6 Å². The standard InChI is InChI=1S/C79H51N5O.Pt/c1-53-48-76(80-51-69(53)58-32-15-6-16-33-58)83-70-41-19-17-34-65(70)67-46-44-59(49-74(67)83)85-60-45-47-72-75(50-60)82-52-81(77-61(54-24-7-2-8-25-54)36-21-37-62(77)55-26-9-3-10-27-55)73-43-23-40-68(79(73)82)66-35-18-20-42-71(66)84(72)78-63(56-28-11-4-12-29-56)38-22-39-64(78)57-30-13-5-14-31-57;/h2-48,51H,1H3;/q-2;/i6D,15D,16D,32D,33D;. The van der Waals surface area contributed by atoms with Gasteiger partial charge in [-0.1, -0.05) is 42.3 Å². The van der Waals surface area contributed by atoms with Gasteiger partial charge in [0, 0.05) is 11.8 Å². The Morgan fingerprint density at radius 1 is 0.395 bits per heavy atom. The number of rotatable bonds is 10. The van der Waals surface area contributed by atoms with Crippen LogP contribution >= 0.6 is 0 Å². The summed E-state index contributed by atoms with van der Waals surface area (Å²) in [4.78, 5) is 4.96. The second-order valence-corrected chi connectivity index (χ2v) is 22.3. The monoisotopic (exact) mass is 1290 g/mol. The molecule has 16 rings (SSSR count). The number of ether oxygens (including phenoxy) is 1. The number of fused-ring (bicyclic) bond motifs is 7. The van der Waals surface area contributed by atoms with Gasteiger partial charge in [0.15, 0.2) is 0 Å². The average Bonchev–Trinajstić information content (AvgIpc) is 1.60.